The first-order valence-corrected chi connectivity index (χ1v) is 10.6. The lowest BCUT2D eigenvalue weighted by molar-refractivity contribution is 0.103. The minimum absolute atomic E-state index is 0.0524. The smallest absolute Gasteiger partial charge is 0.207 e. The molecule has 0 atom stereocenters. The van der Waals surface area contributed by atoms with Crippen LogP contribution in [0.25, 0.3) is 0 Å². The molecule has 1 aliphatic rings. The SMILES string of the molecule is O=C(c1ccccc1Cc1ccccc1S(=O)(=O)CF)c1cnoc1C1CC1. The predicted octanol–water partition coefficient (Wildman–Crippen LogP) is 4.07. The molecule has 2 aromatic carbocycles. The van der Waals surface area contributed by atoms with E-state index in [4.69, 9.17) is 4.52 Å². The maximum absolute atomic E-state index is 13.1. The van der Waals surface area contributed by atoms with Gasteiger partial charge < -0.3 is 4.52 Å². The van der Waals surface area contributed by atoms with Crippen molar-refractivity contribution in [3.8, 4) is 0 Å². The van der Waals surface area contributed by atoms with E-state index in [1.165, 1.54) is 12.3 Å². The summed E-state index contributed by atoms with van der Waals surface area (Å²) in [5.74, 6) is 0.647. The Balaban J connectivity index is 1.72. The quantitative estimate of drug-likeness (QED) is 0.560. The number of rotatable bonds is 7. The molecule has 1 fully saturated rings. The molecule has 0 N–H and O–H groups in total. The van der Waals surface area contributed by atoms with Crippen molar-refractivity contribution in [2.75, 3.05) is 6.01 Å². The van der Waals surface area contributed by atoms with E-state index in [1.807, 2.05) is 0 Å². The summed E-state index contributed by atoms with van der Waals surface area (Å²) in [7, 11) is -4.01. The van der Waals surface area contributed by atoms with Crippen molar-refractivity contribution in [3.63, 3.8) is 0 Å². The lowest BCUT2D eigenvalue weighted by Gasteiger charge is -2.12. The van der Waals surface area contributed by atoms with Gasteiger partial charge in [0.1, 0.15) is 0 Å². The van der Waals surface area contributed by atoms with Gasteiger partial charge in [-0.15, -0.1) is 0 Å². The van der Waals surface area contributed by atoms with Gasteiger partial charge in [0, 0.05) is 11.5 Å². The van der Waals surface area contributed by atoms with Crippen molar-refractivity contribution in [1.82, 2.24) is 5.16 Å². The molecule has 0 radical (unpaired) electrons. The van der Waals surface area contributed by atoms with Crippen LogP contribution in [0.2, 0.25) is 0 Å². The Morgan fingerprint density at radius 3 is 2.43 bits per heavy atom. The summed E-state index contributed by atoms with van der Waals surface area (Å²) in [6, 6.07) is 11.8. The molecule has 1 aliphatic carbocycles. The highest BCUT2D eigenvalue weighted by Gasteiger charge is 2.33. The van der Waals surface area contributed by atoms with E-state index in [1.54, 1.807) is 42.5 Å². The topological polar surface area (TPSA) is 77.2 Å². The molecule has 144 valence electrons. The molecule has 0 bridgehead atoms. The molecular formula is C21H18FNO4S. The molecule has 4 rings (SSSR count). The molecule has 28 heavy (non-hydrogen) atoms. The van der Waals surface area contributed by atoms with Crippen LogP contribution in [-0.4, -0.2) is 25.4 Å². The Kier molecular flexibility index (Phi) is 4.85. The van der Waals surface area contributed by atoms with Gasteiger partial charge in [0.15, 0.2) is 17.6 Å². The molecule has 0 saturated heterocycles. The van der Waals surface area contributed by atoms with Gasteiger partial charge in [0.25, 0.3) is 0 Å². The number of sulfone groups is 1. The zero-order valence-corrected chi connectivity index (χ0v) is 15.8. The molecule has 0 spiro atoms. The number of benzene rings is 2. The number of halogens is 1. The van der Waals surface area contributed by atoms with Crippen LogP contribution in [0.4, 0.5) is 4.39 Å². The number of carbonyl (C=O) groups excluding carboxylic acids is 1. The summed E-state index contributed by atoms with van der Waals surface area (Å²) >= 11 is 0. The van der Waals surface area contributed by atoms with Crippen molar-refractivity contribution in [2.24, 2.45) is 0 Å². The highest BCUT2D eigenvalue weighted by molar-refractivity contribution is 7.91. The van der Waals surface area contributed by atoms with E-state index in [2.05, 4.69) is 5.16 Å². The third kappa shape index (κ3) is 3.49. The molecule has 1 heterocycles. The van der Waals surface area contributed by atoms with Gasteiger partial charge in [-0.3, -0.25) is 4.79 Å². The maximum Gasteiger partial charge on any atom is 0.207 e. The number of hydrogen-bond acceptors (Lipinski definition) is 5. The van der Waals surface area contributed by atoms with Crippen LogP contribution in [0.3, 0.4) is 0 Å². The van der Waals surface area contributed by atoms with Crippen molar-refractivity contribution in [1.29, 1.82) is 0 Å². The monoisotopic (exact) mass is 399 g/mol. The van der Waals surface area contributed by atoms with Crippen molar-refractivity contribution in [3.05, 3.63) is 82.7 Å². The largest absolute Gasteiger partial charge is 0.360 e. The lowest BCUT2D eigenvalue weighted by Crippen LogP contribution is -2.10. The minimum atomic E-state index is -4.01. The van der Waals surface area contributed by atoms with E-state index in [9.17, 15) is 17.6 Å². The van der Waals surface area contributed by atoms with Gasteiger partial charge in [-0.2, -0.15) is 0 Å². The van der Waals surface area contributed by atoms with E-state index in [-0.39, 0.29) is 23.0 Å². The molecule has 0 unspecified atom stereocenters. The minimum Gasteiger partial charge on any atom is -0.360 e. The summed E-state index contributed by atoms with van der Waals surface area (Å²) in [5, 5.41) is 3.78. The number of hydrogen-bond donors (Lipinski definition) is 0. The fourth-order valence-electron chi connectivity index (χ4n) is 3.32. The third-order valence-electron chi connectivity index (χ3n) is 4.89. The van der Waals surface area contributed by atoms with Crippen LogP contribution in [-0.2, 0) is 16.3 Å². The molecular weight excluding hydrogens is 381 g/mol. The summed E-state index contributed by atoms with van der Waals surface area (Å²) in [4.78, 5) is 13.1. The van der Waals surface area contributed by atoms with Crippen LogP contribution in [0.15, 0.2) is 64.1 Å². The van der Waals surface area contributed by atoms with Crippen LogP contribution in [0.1, 0.15) is 51.6 Å². The lowest BCUT2D eigenvalue weighted by atomic mass is 9.94. The Labute approximate surface area is 162 Å². The molecule has 1 saturated carbocycles. The van der Waals surface area contributed by atoms with Gasteiger partial charge in [-0.05, 0) is 36.5 Å². The molecule has 3 aromatic rings. The first-order valence-electron chi connectivity index (χ1n) is 8.95. The summed E-state index contributed by atoms with van der Waals surface area (Å²) in [5.41, 5.74) is 2.02. The van der Waals surface area contributed by atoms with Gasteiger partial charge in [0.05, 0.1) is 16.7 Å². The summed E-state index contributed by atoms with van der Waals surface area (Å²) in [6.07, 6.45) is 3.59. The fourth-order valence-corrected chi connectivity index (χ4v) is 4.26. The summed E-state index contributed by atoms with van der Waals surface area (Å²) < 4.78 is 42.5. The van der Waals surface area contributed by atoms with Gasteiger partial charge >= 0.3 is 0 Å². The molecule has 1 aromatic heterocycles. The predicted molar refractivity (Wildman–Crippen MR) is 101 cm³/mol. The fraction of sp³-hybridized carbons (Fsp3) is 0.238. The van der Waals surface area contributed by atoms with Gasteiger partial charge in [-0.25, -0.2) is 12.8 Å². The van der Waals surface area contributed by atoms with Gasteiger partial charge in [-0.1, -0.05) is 47.6 Å². The molecule has 0 amide bonds. The Bertz CT molecular complexity index is 1130. The van der Waals surface area contributed by atoms with Crippen LogP contribution < -0.4 is 0 Å². The Morgan fingerprint density at radius 1 is 1.04 bits per heavy atom. The number of ketones is 1. The second-order valence-electron chi connectivity index (χ2n) is 6.87. The van der Waals surface area contributed by atoms with E-state index >= 15 is 0 Å². The summed E-state index contributed by atoms with van der Waals surface area (Å²) in [6.45, 7) is 0. The van der Waals surface area contributed by atoms with Crippen molar-refractivity contribution in [2.45, 2.75) is 30.1 Å². The van der Waals surface area contributed by atoms with Crippen LogP contribution >= 0.6 is 0 Å². The maximum atomic E-state index is 13.1. The first kappa shape index (κ1) is 18.6. The Hall–Kier alpha value is -2.80. The highest BCUT2D eigenvalue weighted by atomic mass is 32.2. The van der Waals surface area contributed by atoms with Crippen LogP contribution in [0.5, 0.6) is 0 Å². The Morgan fingerprint density at radius 2 is 1.71 bits per heavy atom. The van der Waals surface area contributed by atoms with Gasteiger partial charge in [0.2, 0.25) is 9.84 Å². The zero-order valence-electron chi connectivity index (χ0n) is 15.0. The van der Waals surface area contributed by atoms with Crippen molar-refractivity contribution >= 4 is 15.6 Å². The zero-order chi connectivity index (χ0) is 19.7. The van der Waals surface area contributed by atoms with E-state index in [0.29, 0.717) is 28.0 Å². The number of nitrogens with zero attached hydrogens (tertiary/aromatic N) is 1. The highest BCUT2D eigenvalue weighted by Crippen LogP contribution is 2.42. The second-order valence-corrected chi connectivity index (χ2v) is 8.76. The first-order chi connectivity index (χ1) is 13.5. The number of carbonyl (C=O) groups is 1. The normalized spacial score (nSPS) is 14.2. The number of alkyl halides is 1. The molecule has 0 aliphatic heterocycles. The van der Waals surface area contributed by atoms with Crippen LogP contribution in [0, 0.1) is 0 Å². The molecule has 7 heteroatoms. The second kappa shape index (κ2) is 7.31. The average Bonchev–Trinajstić information content (AvgIpc) is 3.44. The van der Waals surface area contributed by atoms with Crippen molar-refractivity contribution < 1.29 is 22.1 Å². The van der Waals surface area contributed by atoms with E-state index < -0.39 is 15.8 Å². The third-order valence-corrected chi connectivity index (χ3v) is 6.24. The standard InChI is InChI=1S/C21H18FNO4S/c22-13-28(25,26)19-8-4-2-6-16(19)11-15-5-1-3-7-17(15)20(24)18-12-23-27-21(18)14-9-10-14/h1-8,12,14H,9-11,13H2. The average molecular weight is 399 g/mol. The number of aromatic nitrogens is 1. The molecule has 5 nitrogen and oxygen atoms in total. The van der Waals surface area contributed by atoms with E-state index in [0.717, 1.165) is 12.8 Å².